The van der Waals surface area contributed by atoms with Crippen LogP contribution in [0.25, 0.3) is 0 Å². The summed E-state index contributed by atoms with van der Waals surface area (Å²) in [6.07, 6.45) is 5.14. The Balaban J connectivity index is 1.28. The van der Waals surface area contributed by atoms with Crippen LogP contribution in [-0.2, 0) is 16.0 Å². The van der Waals surface area contributed by atoms with Crippen molar-refractivity contribution >= 4 is 17.3 Å². The highest BCUT2D eigenvalue weighted by Gasteiger charge is 2.27. The number of carbonyl (C=O) groups is 1. The van der Waals surface area contributed by atoms with E-state index in [2.05, 4.69) is 71.2 Å². The summed E-state index contributed by atoms with van der Waals surface area (Å²) in [5.41, 5.74) is 4.40. The van der Waals surface area contributed by atoms with Gasteiger partial charge < -0.3 is 19.9 Å². The first kappa shape index (κ1) is 20.7. The van der Waals surface area contributed by atoms with E-state index in [4.69, 9.17) is 4.74 Å². The Bertz CT molecular complexity index is 881. The second-order valence-electron chi connectivity index (χ2n) is 9.09. The molecule has 0 spiro atoms. The lowest BCUT2D eigenvalue weighted by Crippen LogP contribution is -2.48. The van der Waals surface area contributed by atoms with Gasteiger partial charge in [0.25, 0.3) is 0 Å². The predicted molar refractivity (Wildman–Crippen MR) is 120 cm³/mol. The molecule has 160 valence electrons. The fourth-order valence-electron chi connectivity index (χ4n) is 4.35. The van der Waals surface area contributed by atoms with Crippen LogP contribution in [0, 0.1) is 6.92 Å². The highest BCUT2D eigenvalue weighted by molar-refractivity contribution is 5.79. The first-order chi connectivity index (χ1) is 14.4. The number of rotatable bonds is 5. The SMILES string of the molecule is Cc1cncc(N2CC[C@@H](NC(=O)Cc3ccc(N4CCOC(C)(C)C4)cc3)C2)c1. The summed E-state index contributed by atoms with van der Waals surface area (Å²) in [6.45, 7) is 10.6. The van der Waals surface area contributed by atoms with Gasteiger partial charge in [-0.1, -0.05) is 12.1 Å². The number of nitrogens with one attached hydrogen (secondary N) is 1. The molecule has 0 saturated carbocycles. The Morgan fingerprint density at radius 1 is 1.17 bits per heavy atom. The molecular formula is C24H32N4O2. The second-order valence-corrected chi connectivity index (χ2v) is 9.09. The summed E-state index contributed by atoms with van der Waals surface area (Å²) in [7, 11) is 0. The minimum Gasteiger partial charge on any atom is -0.372 e. The third-order valence-electron chi connectivity index (χ3n) is 5.87. The van der Waals surface area contributed by atoms with Crippen LogP contribution in [0.2, 0.25) is 0 Å². The summed E-state index contributed by atoms with van der Waals surface area (Å²) in [4.78, 5) is 21.5. The fourth-order valence-corrected chi connectivity index (χ4v) is 4.35. The number of ether oxygens (including phenoxy) is 1. The monoisotopic (exact) mass is 408 g/mol. The summed E-state index contributed by atoms with van der Waals surface area (Å²) in [5.74, 6) is 0.0875. The van der Waals surface area contributed by atoms with Crippen molar-refractivity contribution in [2.75, 3.05) is 42.6 Å². The van der Waals surface area contributed by atoms with Gasteiger partial charge >= 0.3 is 0 Å². The van der Waals surface area contributed by atoms with Gasteiger partial charge in [-0.3, -0.25) is 9.78 Å². The Labute approximate surface area is 179 Å². The number of pyridine rings is 1. The van der Waals surface area contributed by atoms with E-state index >= 15 is 0 Å². The zero-order valence-corrected chi connectivity index (χ0v) is 18.2. The van der Waals surface area contributed by atoms with Crippen molar-refractivity contribution in [1.82, 2.24) is 10.3 Å². The number of benzene rings is 1. The van der Waals surface area contributed by atoms with Crippen molar-refractivity contribution in [3.8, 4) is 0 Å². The quantitative estimate of drug-likeness (QED) is 0.824. The van der Waals surface area contributed by atoms with Crippen LogP contribution in [-0.4, -0.2) is 55.3 Å². The molecule has 2 fully saturated rings. The van der Waals surface area contributed by atoms with E-state index in [9.17, 15) is 4.79 Å². The Morgan fingerprint density at radius 3 is 2.70 bits per heavy atom. The summed E-state index contributed by atoms with van der Waals surface area (Å²) in [5, 5.41) is 3.20. The van der Waals surface area contributed by atoms with Gasteiger partial charge in [-0.05, 0) is 56.5 Å². The van der Waals surface area contributed by atoms with Crippen LogP contribution >= 0.6 is 0 Å². The van der Waals surface area contributed by atoms with Crippen LogP contribution < -0.4 is 15.1 Å². The smallest absolute Gasteiger partial charge is 0.224 e. The first-order valence-corrected chi connectivity index (χ1v) is 10.8. The Kier molecular flexibility index (Phi) is 5.95. The zero-order chi connectivity index (χ0) is 21.1. The van der Waals surface area contributed by atoms with Gasteiger partial charge in [-0.25, -0.2) is 0 Å². The highest BCUT2D eigenvalue weighted by Crippen LogP contribution is 2.24. The molecule has 2 aliphatic rings. The van der Waals surface area contributed by atoms with Crippen LogP contribution in [0.3, 0.4) is 0 Å². The minimum atomic E-state index is -0.125. The maximum atomic E-state index is 12.6. The Hall–Kier alpha value is -2.60. The number of aryl methyl sites for hydroxylation is 1. The largest absolute Gasteiger partial charge is 0.372 e. The van der Waals surface area contributed by atoms with Crippen LogP contribution in [0.15, 0.2) is 42.7 Å². The van der Waals surface area contributed by atoms with E-state index in [0.717, 1.165) is 56.0 Å². The molecule has 30 heavy (non-hydrogen) atoms. The topological polar surface area (TPSA) is 57.7 Å². The number of carbonyl (C=O) groups excluding carboxylic acids is 1. The standard InChI is InChI=1S/C24H32N4O2/c1-18-12-22(15-25-14-18)27-9-8-20(16-27)26-23(29)13-19-4-6-21(7-5-19)28-10-11-30-24(2,3)17-28/h4-7,12,14-15,20H,8-11,13,16-17H2,1-3H3,(H,26,29)/t20-/m1/s1. The lowest BCUT2D eigenvalue weighted by molar-refractivity contribution is -0.121. The van der Waals surface area contributed by atoms with Crippen molar-refractivity contribution in [2.45, 2.75) is 45.3 Å². The molecule has 4 rings (SSSR count). The molecule has 1 aromatic carbocycles. The molecule has 0 bridgehead atoms. The number of nitrogens with zero attached hydrogens (tertiary/aromatic N) is 3. The van der Waals surface area contributed by atoms with Crippen LogP contribution in [0.1, 0.15) is 31.4 Å². The normalized spacial score (nSPS) is 21.0. The van der Waals surface area contributed by atoms with Crippen LogP contribution in [0.4, 0.5) is 11.4 Å². The molecule has 0 aliphatic carbocycles. The van der Waals surface area contributed by atoms with E-state index in [-0.39, 0.29) is 17.6 Å². The molecule has 0 unspecified atom stereocenters. The first-order valence-electron chi connectivity index (χ1n) is 10.8. The van der Waals surface area contributed by atoms with E-state index in [0.29, 0.717) is 6.42 Å². The average Bonchev–Trinajstić information content (AvgIpc) is 3.16. The molecule has 2 aliphatic heterocycles. The van der Waals surface area contributed by atoms with Crippen molar-refractivity contribution < 1.29 is 9.53 Å². The lowest BCUT2D eigenvalue weighted by Gasteiger charge is -2.39. The average molecular weight is 409 g/mol. The lowest BCUT2D eigenvalue weighted by atomic mass is 10.1. The van der Waals surface area contributed by atoms with E-state index in [1.165, 1.54) is 5.69 Å². The van der Waals surface area contributed by atoms with Gasteiger partial charge in [0.2, 0.25) is 5.91 Å². The van der Waals surface area contributed by atoms with E-state index < -0.39 is 0 Å². The maximum Gasteiger partial charge on any atom is 0.224 e. The molecule has 0 radical (unpaired) electrons. The summed E-state index contributed by atoms with van der Waals surface area (Å²) in [6, 6.07) is 10.7. The molecule has 6 heteroatoms. The van der Waals surface area contributed by atoms with Gasteiger partial charge in [-0.15, -0.1) is 0 Å². The van der Waals surface area contributed by atoms with E-state index in [1.807, 2.05) is 12.4 Å². The third kappa shape index (κ3) is 5.11. The molecule has 3 heterocycles. The fraction of sp³-hybridized carbons (Fsp3) is 0.500. The summed E-state index contributed by atoms with van der Waals surface area (Å²) < 4.78 is 5.80. The van der Waals surface area contributed by atoms with Gasteiger partial charge in [0.1, 0.15) is 0 Å². The molecule has 2 aromatic rings. The van der Waals surface area contributed by atoms with Crippen molar-refractivity contribution in [3.63, 3.8) is 0 Å². The predicted octanol–water partition coefficient (Wildman–Crippen LogP) is 2.94. The van der Waals surface area contributed by atoms with Gasteiger partial charge in [0.05, 0.1) is 30.5 Å². The zero-order valence-electron chi connectivity index (χ0n) is 18.2. The van der Waals surface area contributed by atoms with Crippen LogP contribution in [0.5, 0.6) is 0 Å². The number of aromatic nitrogens is 1. The number of amides is 1. The van der Waals surface area contributed by atoms with Gasteiger partial charge in [0, 0.05) is 44.1 Å². The number of morpholine rings is 1. The van der Waals surface area contributed by atoms with Crippen molar-refractivity contribution in [1.29, 1.82) is 0 Å². The van der Waals surface area contributed by atoms with Crippen molar-refractivity contribution in [2.24, 2.45) is 0 Å². The molecule has 6 nitrogen and oxygen atoms in total. The molecule has 1 amide bonds. The highest BCUT2D eigenvalue weighted by atomic mass is 16.5. The second kappa shape index (κ2) is 8.64. The van der Waals surface area contributed by atoms with Gasteiger partial charge in [0.15, 0.2) is 0 Å². The molecule has 1 atom stereocenters. The molecular weight excluding hydrogens is 376 g/mol. The van der Waals surface area contributed by atoms with Gasteiger partial charge in [-0.2, -0.15) is 0 Å². The van der Waals surface area contributed by atoms with E-state index in [1.54, 1.807) is 0 Å². The molecule has 2 saturated heterocycles. The van der Waals surface area contributed by atoms with Crippen molar-refractivity contribution in [3.05, 3.63) is 53.9 Å². The summed E-state index contributed by atoms with van der Waals surface area (Å²) >= 11 is 0. The maximum absolute atomic E-state index is 12.6. The minimum absolute atomic E-state index is 0.0875. The third-order valence-corrected chi connectivity index (χ3v) is 5.87. The molecule has 1 N–H and O–H groups in total. The number of hydrogen-bond acceptors (Lipinski definition) is 5. The molecule has 1 aromatic heterocycles. The number of anilines is 2. The number of hydrogen-bond donors (Lipinski definition) is 1. The Morgan fingerprint density at radius 2 is 1.97 bits per heavy atom.